The van der Waals surface area contributed by atoms with Crippen molar-refractivity contribution in [1.29, 1.82) is 0 Å². The third kappa shape index (κ3) is 41.4. The Hall–Kier alpha value is -0.345. The van der Waals surface area contributed by atoms with Gasteiger partial charge in [-0.25, -0.2) is 0 Å². The summed E-state index contributed by atoms with van der Waals surface area (Å²) in [4.78, 5) is 0. The Bertz CT molecular complexity index is 91.5. The zero-order valence-electron chi connectivity index (χ0n) is 8.91. The van der Waals surface area contributed by atoms with E-state index in [1.807, 2.05) is 0 Å². The SMILES string of the molecule is CCCC[CH+]CCCC.F[B-](F)(F)F. The van der Waals surface area contributed by atoms with Crippen LogP contribution in [-0.2, 0) is 0 Å². The molecule has 0 aliphatic carbocycles. The molecule has 0 bridgehead atoms. The Balaban J connectivity index is 0. The van der Waals surface area contributed by atoms with E-state index in [0.717, 1.165) is 0 Å². The molecule has 0 saturated heterocycles. The fourth-order valence-corrected chi connectivity index (χ4v) is 0.841. The summed E-state index contributed by atoms with van der Waals surface area (Å²) < 4.78 is 39.0. The minimum absolute atomic E-state index is 1.33. The summed E-state index contributed by atoms with van der Waals surface area (Å²) in [7, 11) is -6.00. The molecule has 0 nitrogen and oxygen atoms in total. The van der Waals surface area contributed by atoms with E-state index in [2.05, 4.69) is 20.3 Å². The standard InChI is InChI=1S/C9H19.BF4/c1-3-5-7-9-8-6-4-2;2-1(3,4)5/h9H,3-8H2,1-2H3;/q+1;-1. The minimum Gasteiger partial charge on any atom is -0.418 e. The molecule has 86 valence electrons. The maximum atomic E-state index is 9.75. The van der Waals surface area contributed by atoms with Crippen molar-refractivity contribution in [3.63, 3.8) is 0 Å². The Labute approximate surface area is 84.2 Å². The van der Waals surface area contributed by atoms with Gasteiger partial charge in [0.1, 0.15) is 0 Å². The number of hydrogen-bond donors (Lipinski definition) is 0. The maximum absolute atomic E-state index is 9.75. The van der Waals surface area contributed by atoms with E-state index in [1.165, 1.54) is 38.5 Å². The van der Waals surface area contributed by atoms with Crippen molar-refractivity contribution in [3.8, 4) is 0 Å². The molecule has 0 spiro atoms. The molecular formula is C9H19BF4. The molecule has 0 unspecified atom stereocenters. The maximum Gasteiger partial charge on any atom is 0.673 e. The van der Waals surface area contributed by atoms with E-state index in [1.54, 1.807) is 0 Å². The lowest BCUT2D eigenvalue weighted by Gasteiger charge is -1.94. The first-order chi connectivity index (χ1) is 6.41. The smallest absolute Gasteiger partial charge is 0.418 e. The van der Waals surface area contributed by atoms with Gasteiger partial charge in [-0.2, -0.15) is 0 Å². The van der Waals surface area contributed by atoms with E-state index in [4.69, 9.17) is 0 Å². The van der Waals surface area contributed by atoms with Crippen LogP contribution in [0.3, 0.4) is 0 Å². The van der Waals surface area contributed by atoms with Gasteiger partial charge in [0.05, 0.1) is 19.3 Å². The second kappa shape index (κ2) is 10.7. The minimum atomic E-state index is -6.00. The molecule has 0 aliphatic heterocycles. The van der Waals surface area contributed by atoms with Crippen LogP contribution in [0, 0.1) is 6.42 Å². The van der Waals surface area contributed by atoms with Crippen LogP contribution in [0.25, 0.3) is 0 Å². The average Bonchev–Trinajstić information content (AvgIpc) is 2.01. The van der Waals surface area contributed by atoms with Gasteiger partial charge in [-0.05, 0) is 12.8 Å². The molecule has 0 aromatic heterocycles. The summed E-state index contributed by atoms with van der Waals surface area (Å²) in [6, 6.07) is 0. The fraction of sp³-hybridized carbons (Fsp3) is 0.889. The van der Waals surface area contributed by atoms with Gasteiger partial charge in [-0.1, -0.05) is 26.7 Å². The van der Waals surface area contributed by atoms with Crippen molar-refractivity contribution in [2.45, 2.75) is 52.4 Å². The van der Waals surface area contributed by atoms with Crippen molar-refractivity contribution >= 4 is 7.25 Å². The molecule has 0 saturated carbocycles. The van der Waals surface area contributed by atoms with Crippen LogP contribution in [0.4, 0.5) is 17.3 Å². The predicted molar refractivity (Wildman–Crippen MR) is 53.5 cm³/mol. The molecule has 14 heavy (non-hydrogen) atoms. The molecule has 0 atom stereocenters. The van der Waals surface area contributed by atoms with E-state index in [-0.39, 0.29) is 0 Å². The summed E-state index contributed by atoms with van der Waals surface area (Å²) in [5.74, 6) is 0. The fourth-order valence-electron chi connectivity index (χ4n) is 0.841. The van der Waals surface area contributed by atoms with Gasteiger partial charge >= 0.3 is 7.25 Å². The largest absolute Gasteiger partial charge is 0.673 e. The highest BCUT2D eigenvalue weighted by Crippen LogP contribution is 2.06. The molecule has 0 aromatic carbocycles. The second-order valence-corrected chi connectivity index (χ2v) is 3.07. The van der Waals surface area contributed by atoms with Gasteiger partial charge in [-0.15, -0.1) is 0 Å². The van der Waals surface area contributed by atoms with Gasteiger partial charge in [0, 0.05) is 0 Å². The zero-order valence-corrected chi connectivity index (χ0v) is 8.91. The summed E-state index contributed by atoms with van der Waals surface area (Å²) in [5, 5.41) is 0. The van der Waals surface area contributed by atoms with Gasteiger partial charge < -0.3 is 17.3 Å². The normalized spacial score (nSPS) is 10.4. The van der Waals surface area contributed by atoms with Crippen molar-refractivity contribution in [3.05, 3.63) is 6.42 Å². The van der Waals surface area contributed by atoms with Gasteiger partial charge in [0.15, 0.2) is 0 Å². The summed E-state index contributed by atoms with van der Waals surface area (Å²) >= 11 is 0. The Morgan fingerprint density at radius 1 is 0.857 bits per heavy atom. The van der Waals surface area contributed by atoms with Gasteiger partial charge in [0.2, 0.25) is 0 Å². The number of halogens is 4. The van der Waals surface area contributed by atoms with Crippen molar-refractivity contribution < 1.29 is 17.3 Å². The molecule has 0 heterocycles. The Kier molecular flexibility index (Phi) is 12.3. The van der Waals surface area contributed by atoms with E-state index in [9.17, 15) is 17.3 Å². The monoisotopic (exact) mass is 214 g/mol. The molecule has 0 amide bonds. The highest BCUT2D eigenvalue weighted by Gasteiger charge is 2.20. The Morgan fingerprint density at radius 3 is 1.36 bits per heavy atom. The van der Waals surface area contributed by atoms with E-state index >= 15 is 0 Å². The third-order valence-corrected chi connectivity index (χ3v) is 1.52. The molecular weight excluding hydrogens is 195 g/mol. The summed E-state index contributed by atoms with van der Waals surface area (Å²) in [6.45, 7) is 4.49. The molecule has 0 N–H and O–H groups in total. The summed E-state index contributed by atoms with van der Waals surface area (Å²) in [5.41, 5.74) is 0. The Morgan fingerprint density at radius 2 is 1.14 bits per heavy atom. The van der Waals surface area contributed by atoms with Crippen LogP contribution in [0.15, 0.2) is 0 Å². The van der Waals surface area contributed by atoms with Crippen molar-refractivity contribution in [1.82, 2.24) is 0 Å². The quantitative estimate of drug-likeness (QED) is 0.256. The second-order valence-electron chi connectivity index (χ2n) is 3.07. The lowest BCUT2D eigenvalue weighted by Crippen LogP contribution is -2.02. The molecule has 0 fully saturated rings. The lowest BCUT2D eigenvalue weighted by atomic mass is 10.1. The van der Waals surface area contributed by atoms with Gasteiger partial charge in [0.25, 0.3) is 0 Å². The first kappa shape index (κ1) is 16.1. The van der Waals surface area contributed by atoms with Crippen LogP contribution in [0.1, 0.15) is 52.4 Å². The average molecular weight is 214 g/mol. The van der Waals surface area contributed by atoms with Crippen molar-refractivity contribution in [2.75, 3.05) is 0 Å². The third-order valence-electron chi connectivity index (χ3n) is 1.52. The van der Waals surface area contributed by atoms with Crippen LogP contribution in [0.2, 0.25) is 0 Å². The first-order valence-electron chi connectivity index (χ1n) is 5.10. The highest BCUT2D eigenvalue weighted by atomic mass is 19.5. The number of hydrogen-bond acceptors (Lipinski definition) is 0. The number of rotatable bonds is 6. The molecule has 0 rings (SSSR count). The van der Waals surface area contributed by atoms with Crippen LogP contribution < -0.4 is 0 Å². The van der Waals surface area contributed by atoms with E-state index < -0.39 is 7.25 Å². The number of unbranched alkanes of at least 4 members (excludes halogenated alkanes) is 6. The topological polar surface area (TPSA) is 0 Å². The molecule has 5 heteroatoms. The van der Waals surface area contributed by atoms with Crippen molar-refractivity contribution in [2.24, 2.45) is 0 Å². The molecule has 0 radical (unpaired) electrons. The van der Waals surface area contributed by atoms with E-state index in [0.29, 0.717) is 0 Å². The van der Waals surface area contributed by atoms with Crippen LogP contribution in [0.5, 0.6) is 0 Å². The summed E-state index contributed by atoms with van der Waals surface area (Å²) in [6.07, 6.45) is 10.5. The van der Waals surface area contributed by atoms with Gasteiger partial charge in [-0.3, -0.25) is 0 Å². The highest BCUT2D eigenvalue weighted by molar-refractivity contribution is 6.50. The lowest BCUT2D eigenvalue weighted by molar-refractivity contribution is 0.368. The van der Waals surface area contributed by atoms with Crippen LogP contribution >= 0.6 is 0 Å². The van der Waals surface area contributed by atoms with Crippen LogP contribution in [-0.4, -0.2) is 7.25 Å². The molecule has 0 aliphatic rings. The zero-order chi connectivity index (χ0) is 11.4. The first-order valence-corrected chi connectivity index (χ1v) is 5.10. The molecule has 0 aromatic rings. The predicted octanol–water partition coefficient (Wildman–Crippen LogP) is 4.87.